The van der Waals surface area contributed by atoms with E-state index >= 15 is 0 Å². The molecule has 2 amide bonds. The zero-order valence-corrected chi connectivity index (χ0v) is 19.7. The van der Waals surface area contributed by atoms with E-state index in [0.29, 0.717) is 34.3 Å². The molecule has 1 saturated heterocycles. The highest BCUT2D eigenvalue weighted by atomic mass is 32.2. The molecule has 9 heteroatoms. The number of hydrogen-bond donors (Lipinski definition) is 2. The van der Waals surface area contributed by atoms with Gasteiger partial charge in [-0.2, -0.15) is 0 Å². The standard InChI is InChI=1S/C24H24N2O5S2/c1-31-19-12-6-16(7-13-19)15-20-22(28)26(24(32)33-20)14-4-2-3-5-21(27)25-18-10-8-17(9-11-18)23(29)30/h6-13,15H,2-5,14H2,1H3,(H,25,27)(H,29,30). The molecule has 3 rings (SSSR count). The van der Waals surface area contributed by atoms with Crippen molar-refractivity contribution in [2.45, 2.75) is 25.7 Å². The number of anilines is 1. The molecule has 0 spiro atoms. The number of rotatable bonds is 10. The Labute approximate surface area is 201 Å². The van der Waals surface area contributed by atoms with Crippen molar-refractivity contribution in [2.75, 3.05) is 19.0 Å². The minimum atomic E-state index is -1.01. The van der Waals surface area contributed by atoms with Gasteiger partial charge in [-0.3, -0.25) is 14.5 Å². The molecule has 172 valence electrons. The van der Waals surface area contributed by atoms with Crippen molar-refractivity contribution in [2.24, 2.45) is 0 Å². The first-order chi connectivity index (χ1) is 15.9. The maximum atomic E-state index is 12.7. The van der Waals surface area contributed by atoms with Crippen molar-refractivity contribution in [1.29, 1.82) is 0 Å². The van der Waals surface area contributed by atoms with Crippen LogP contribution in [0, 0.1) is 0 Å². The summed E-state index contributed by atoms with van der Waals surface area (Å²) in [7, 11) is 1.61. The maximum absolute atomic E-state index is 12.7. The number of thioether (sulfide) groups is 1. The minimum Gasteiger partial charge on any atom is -0.497 e. The molecule has 2 N–H and O–H groups in total. The van der Waals surface area contributed by atoms with Gasteiger partial charge >= 0.3 is 5.97 Å². The molecular formula is C24H24N2O5S2. The van der Waals surface area contributed by atoms with Crippen molar-refractivity contribution >= 4 is 57.8 Å². The summed E-state index contributed by atoms with van der Waals surface area (Å²) in [5.74, 6) is -0.482. The van der Waals surface area contributed by atoms with Crippen LogP contribution in [0.15, 0.2) is 53.4 Å². The van der Waals surface area contributed by atoms with Gasteiger partial charge < -0.3 is 15.2 Å². The van der Waals surface area contributed by atoms with Gasteiger partial charge in [-0.1, -0.05) is 42.5 Å². The largest absolute Gasteiger partial charge is 0.497 e. The number of carbonyl (C=O) groups excluding carboxylic acids is 2. The highest BCUT2D eigenvalue weighted by molar-refractivity contribution is 8.26. The summed E-state index contributed by atoms with van der Waals surface area (Å²) in [5, 5.41) is 11.7. The second-order valence-electron chi connectivity index (χ2n) is 7.35. The molecule has 1 aliphatic rings. The van der Waals surface area contributed by atoms with Gasteiger partial charge in [-0.15, -0.1) is 0 Å². The van der Waals surface area contributed by atoms with Gasteiger partial charge in [0.2, 0.25) is 5.91 Å². The number of nitrogens with zero attached hydrogens (tertiary/aromatic N) is 1. The van der Waals surface area contributed by atoms with E-state index < -0.39 is 5.97 Å². The summed E-state index contributed by atoms with van der Waals surface area (Å²) in [6, 6.07) is 13.5. The lowest BCUT2D eigenvalue weighted by Crippen LogP contribution is -2.29. The molecule has 33 heavy (non-hydrogen) atoms. The summed E-state index contributed by atoms with van der Waals surface area (Å²) in [6.45, 7) is 0.517. The predicted octanol–water partition coefficient (Wildman–Crippen LogP) is 4.79. The number of hydrogen-bond acceptors (Lipinski definition) is 6. The Kier molecular flexibility index (Phi) is 8.62. The van der Waals surface area contributed by atoms with Gasteiger partial charge in [-0.05, 0) is 60.9 Å². The molecule has 1 aliphatic heterocycles. The second kappa shape index (κ2) is 11.6. The Morgan fingerprint density at radius 1 is 1.09 bits per heavy atom. The van der Waals surface area contributed by atoms with Gasteiger partial charge in [0.05, 0.1) is 17.6 Å². The number of carbonyl (C=O) groups is 3. The number of amides is 2. The molecule has 0 aliphatic carbocycles. The summed E-state index contributed by atoms with van der Waals surface area (Å²) in [6.07, 6.45) is 4.36. The monoisotopic (exact) mass is 484 g/mol. The molecule has 0 atom stereocenters. The number of methoxy groups -OCH3 is 1. The third kappa shape index (κ3) is 6.90. The molecule has 1 fully saturated rings. The van der Waals surface area contributed by atoms with Gasteiger partial charge in [0.1, 0.15) is 10.1 Å². The Morgan fingerprint density at radius 3 is 2.42 bits per heavy atom. The normalized spacial score (nSPS) is 14.6. The van der Waals surface area contributed by atoms with Crippen LogP contribution < -0.4 is 10.1 Å². The summed E-state index contributed by atoms with van der Waals surface area (Å²) in [5.41, 5.74) is 1.63. The third-order valence-electron chi connectivity index (χ3n) is 4.99. The van der Waals surface area contributed by atoms with E-state index in [-0.39, 0.29) is 17.4 Å². The Bertz CT molecular complexity index is 1070. The van der Waals surface area contributed by atoms with E-state index in [2.05, 4.69) is 5.32 Å². The van der Waals surface area contributed by atoms with E-state index in [1.807, 2.05) is 30.3 Å². The molecule has 0 bridgehead atoms. The molecule has 2 aromatic carbocycles. The fourth-order valence-corrected chi connectivity index (χ4v) is 4.50. The van der Waals surface area contributed by atoms with Crippen molar-refractivity contribution in [3.05, 3.63) is 64.6 Å². The fraction of sp³-hybridized carbons (Fsp3) is 0.250. The zero-order chi connectivity index (χ0) is 23.8. The zero-order valence-electron chi connectivity index (χ0n) is 18.1. The van der Waals surface area contributed by atoms with Crippen LogP contribution in [0.3, 0.4) is 0 Å². The van der Waals surface area contributed by atoms with E-state index in [4.69, 9.17) is 22.1 Å². The Morgan fingerprint density at radius 2 is 1.79 bits per heavy atom. The first kappa shape index (κ1) is 24.5. The lowest BCUT2D eigenvalue weighted by molar-refractivity contribution is -0.122. The molecule has 2 aromatic rings. The molecule has 1 heterocycles. The minimum absolute atomic E-state index is 0.0941. The first-order valence-corrected chi connectivity index (χ1v) is 11.6. The van der Waals surface area contributed by atoms with Crippen LogP contribution in [0.2, 0.25) is 0 Å². The predicted molar refractivity (Wildman–Crippen MR) is 133 cm³/mol. The molecule has 7 nitrogen and oxygen atoms in total. The number of ether oxygens (including phenoxy) is 1. The summed E-state index contributed by atoms with van der Waals surface area (Å²) in [4.78, 5) is 37.9. The van der Waals surface area contributed by atoms with Crippen LogP contribution in [0.1, 0.15) is 41.6 Å². The first-order valence-electron chi connectivity index (χ1n) is 10.4. The lowest BCUT2D eigenvalue weighted by Gasteiger charge is -2.14. The third-order valence-corrected chi connectivity index (χ3v) is 6.37. The van der Waals surface area contributed by atoms with Crippen LogP contribution in [0.5, 0.6) is 5.75 Å². The number of benzene rings is 2. The van der Waals surface area contributed by atoms with Crippen LogP contribution in [0.25, 0.3) is 6.08 Å². The summed E-state index contributed by atoms with van der Waals surface area (Å²) < 4.78 is 5.69. The van der Waals surface area contributed by atoms with E-state index in [9.17, 15) is 14.4 Å². The van der Waals surface area contributed by atoms with Crippen LogP contribution >= 0.6 is 24.0 Å². The van der Waals surface area contributed by atoms with Crippen molar-refractivity contribution in [3.63, 3.8) is 0 Å². The van der Waals surface area contributed by atoms with E-state index in [0.717, 1.165) is 24.2 Å². The molecule has 0 unspecified atom stereocenters. The van der Waals surface area contributed by atoms with Crippen LogP contribution in [-0.4, -0.2) is 45.8 Å². The SMILES string of the molecule is COc1ccc(C=C2SC(=S)N(CCCCCC(=O)Nc3ccc(C(=O)O)cc3)C2=O)cc1. The smallest absolute Gasteiger partial charge is 0.335 e. The van der Waals surface area contributed by atoms with Crippen molar-refractivity contribution in [3.8, 4) is 5.75 Å². The van der Waals surface area contributed by atoms with Crippen LogP contribution in [-0.2, 0) is 9.59 Å². The molecule has 0 radical (unpaired) electrons. The quantitative estimate of drug-likeness (QED) is 0.284. The van der Waals surface area contributed by atoms with E-state index in [1.165, 1.54) is 23.9 Å². The number of aromatic carboxylic acids is 1. The molecule has 0 saturated carbocycles. The average molecular weight is 485 g/mol. The number of thiocarbonyl (C=S) groups is 1. The van der Waals surface area contributed by atoms with Gasteiger partial charge in [0.25, 0.3) is 5.91 Å². The number of carboxylic acid groups (broad SMARTS) is 1. The van der Waals surface area contributed by atoms with E-state index in [1.54, 1.807) is 24.1 Å². The van der Waals surface area contributed by atoms with Gasteiger partial charge in [0.15, 0.2) is 0 Å². The topological polar surface area (TPSA) is 95.9 Å². The van der Waals surface area contributed by atoms with Crippen molar-refractivity contribution < 1.29 is 24.2 Å². The van der Waals surface area contributed by atoms with Crippen molar-refractivity contribution in [1.82, 2.24) is 4.90 Å². The van der Waals surface area contributed by atoms with Gasteiger partial charge in [0, 0.05) is 18.7 Å². The Hall–Kier alpha value is -3.17. The van der Waals surface area contributed by atoms with Gasteiger partial charge in [-0.25, -0.2) is 4.79 Å². The highest BCUT2D eigenvalue weighted by Gasteiger charge is 2.31. The molecule has 0 aromatic heterocycles. The second-order valence-corrected chi connectivity index (χ2v) is 9.02. The summed E-state index contributed by atoms with van der Waals surface area (Å²) >= 11 is 6.67. The number of nitrogens with one attached hydrogen (secondary N) is 1. The van der Waals surface area contributed by atoms with Crippen LogP contribution in [0.4, 0.5) is 5.69 Å². The average Bonchev–Trinajstić information content (AvgIpc) is 3.07. The maximum Gasteiger partial charge on any atom is 0.335 e. The molecular weight excluding hydrogens is 460 g/mol. The number of unbranched alkanes of at least 4 members (excludes halogenated alkanes) is 2. The highest BCUT2D eigenvalue weighted by Crippen LogP contribution is 2.33. The number of carboxylic acids is 1. The Balaban J connectivity index is 1.40. The lowest BCUT2D eigenvalue weighted by atomic mass is 10.1. The fourth-order valence-electron chi connectivity index (χ4n) is 3.20.